The zero-order valence-electron chi connectivity index (χ0n) is 19.0. The van der Waals surface area contributed by atoms with Crippen molar-refractivity contribution in [2.45, 2.75) is 13.3 Å². The van der Waals surface area contributed by atoms with Crippen molar-refractivity contribution >= 4 is 11.8 Å². The van der Waals surface area contributed by atoms with Crippen molar-refractivity contribution in [2.75, 3.05) is 13.2 Å². The summed E-state index contributed by atoms with van der Waals surface area (Å²) >= 11 is 0. The largest absolute Gasteiger partial charge is 0.507 e. The molecule has 1 N–H and O–H groups in total. The second-order valence-corrected chi connectivity index (χ2v) is 7.66. The molecule has 0 unspecified atom stereocenters. The first-order chi connectivity index (χ1) is 17.0. The fourth-order valence-electron chi connectivity index (χ4n) is 3.29. The molecule has 35 heavy (non-hydrogen) atoms. The Morgan fingerprint density at radius 1 is 0.771 bits per heavy atom. The molecule has 4 rings (SSSR count). The van der Waals surface area contributed by atoms with Gasteiger partial charge in [-0.2, -0.15) is 0 Å². The van der Waals surface area contributed by atoms with Crippen LogP contribution in [0.25, 0.3) is 34.2 Å². The van der Waals surface area contributed by atoms with E-state index in [-0.39, 0.29) is 31.2 Å². The third-order valence-corrected chi connectivity index (χ3v) is 4.92. The van der Waals surface area contributed by atoms with Gasteiger partial charge >= 0.3 is 5.97 Å². The van der Waals surface area contributed by atoms with Gasteiger partial charge in [0, 0.05) is 17.2 Å². The van der Waals surface area contributed by atoms with Crippen molar-refractivity contribution in [1.82, 2.24) is 15.0 Å². The maximum Gasteiger partial charge on any atom is 0.313 e. The van der Waals surface area contributed by atoms with Gasteiger partial charge in [-0.3, -0.25) is 9.59 Å². The highest BCUT2D eigenvalue weighted by atomic mass is 16.6. The van der Waals surface area contributed by atoms with E-state index in [2.05, 4.69) is 15.0 Å². The summed E-state index contributed by atoms with van der Waals surface area (Å²) in [5.41, 5.74) is 2.07. The molecule has 4 aromatic rings. The van der Waals surface area contributed by atoms with Gasteiger partial charge < -0.3 is 14.6 Å². The lowest BCUT2D eigenvalue weighted by molar-refractivity contribution is -0.146. The van der Waals surface area contributed by atoms with Crippen LogP contribution in [0.4, 0.5) is 0 Å². The number of ether oxygens (including phenoxy) is 2. The maximum atomic E-state index is 11.4. The molecule has 176 valence electrons. The first-order valence-corrected chi connectivity index (χ1v) is 11.0. The molecule has 1 aromatic heterocycles. The van der Waals surface area contributed by atoms with Gasteiger partial charge in [0.25, 0.3) is 0 Å². The van der Waals surface area contributed by atoms with E-state index >= 15 is 0 Å². The average molecular weight is 469 g/mol. The molecular weight excluding hydrogens is 446 g/mol. The molecule has 8 heteroatoms. The van der Waals surface area contributed by atoms with E-state index < -0.39 is 5.97 Å². The first-order valence-electron chi connectivity index (χ1n) is 11.0. The number of Topliss-reactive ketones (excluding diaryl/α,β-unsaturated/α-hetero) is 1. The number of hydrogen-bond donors (Lipinski definition) is 1. The van der Waals surface area contributed by atoms with Crippen LogP contribution < -0.4 is 4.74 Å². The second-order valence-electron chi connectivity index (χ2n) is 7.66. The summed E-state index contributed by atoms with van der Waals surface area (Å²) in [6.45, 7) is 1.38. The second kappa shape index (κ2) is 11.0. The Morgan fingerprint density at radius 3 is 1.89 bits per heavy atom. The Hall–Kier alpha value is -4.59. The molecule has 3 aromatic carbocycles. The molecule has 0 saturated carbocycles. The fraction of sp³-hybridized carbons (Fsp3) is 0.148. The number of phenols is 1. The number of benzene rings is 3. The molecule has 0 aliphatic carbocycles. The van der Waals surface area contributed by atoms with E-state index in [0.29, 0.717) is 28.8 Å². The lowest BCUT2D eigenvalue weighted by atomic mass is 10.1. The summed E-state index contributed by atoms with van der Waals surface area (Å²) in [6.07, 6.45) is -0.267. The van der Waals surface area contributed by atoms with E-state index in [1.165, 1.54) is 13.0 Å². The van der Waals surface area contributed by atoms with Gasteiger partial charge in [-0.15, -0.1) is 0 Å². The number of aromatic hydroxyl groups is 1. The fourth-order valence-corrected chi connectivity index (χ4v) is 3.29. The number of rotatable bonds is 9. The third-order valence-electron chi connectivity index (χ3n) is 4.92. The number of ketones is 1. The summed E-state index contributed by atoms with van der Waals surface area (Å²) in [4.78, 5) is 36.2. The molecule has 0 radical (unpaired) electrons. The predicted octanol–water partition coefficient (Wildman–Crippen LogP) is 4.48. The molecule has 0 fully saturated rings. The minimum atomic E-state index is -0.599. The van der Waals surface area contributed by atoms with Gasteiger partial charge in [0.15, 0.2) is 17.5 Å². The van der Waals surface area contributed by atoms with Gasteiger partial charge in [0.1, 0.15) is 36.9 Å². The van der Waals surface area contributed by atoms with Crippen LogP contribution >= 0.6 is 0 Å². The van der Waals surface area contributed by atoms with Gasteiger partial charge in [-0.05, 0) is 19.1 Å². The smallest absolute Gasteiger partial charge is 0.313 e. The summed E-state index contributed by atoms with van der Waals surface area (Å²) in [7, 11) is 0. The Kier molecular flexibility index (Phi) is 7.42. The summed E-state index contributed by atoms with van der Waals surface area (Å²) < 4.78 is 10.5. The molecule has 1 heterocycles. The van der Waals surface area contributed by atoms with E-state index in [1.807, 2.05) is 60.7 Å². The van der Waals surface area contributed by atoms with Crippen molar-refractivity contribution in [2.24, 2.45) is 0 Å². The predicted molar refractivity (Wildman–Crippen MR) is 130 cm³/mol. The first kappa shape index (κ1) is 23.6. The van der Waals surface area contributed by atoms with Crippen LogP contribution in [0.2, 0.25) is 0 Å². The quantitative estimate of drug-likeness (QED) is 0.217. The summed E-state index contributed by atoms with van der Waals surface area (Å²) in [5.74, 6) is 0.746. The maximum absolute atomic E-state index is 11.4. The van der Waals surface area contributed by atoms with Crippen LogP contribution in [-0.4, -0.2) is 45.0 Å². The number of nitrogens with zero attached hydrogens (tertiary/aromatic N) is 3. The lowest BCUT2D eigenvalue weighted by Crippen LogP contribution is -2.14. The highest BCUT2D eigenvalue weighted by molar-refractivity contribution is 5.94. The van der Waals surface area contributed by atoms with E-state index in [4.69, 9.17) is 9.47 Å². The SMILES string of the molecule is CC(=O)CC(=O)OCCOc1ccc(-c2nc(-c3ccccc3)nc(-c3ccccc3)n2)c(O)c1. The standard InChI is InChI=1S/C27H23N3O5/c1-18(31)16-24(33)35-15-14-34-21-12-13-22(23(32)17-21)27-29-25(19-8-4-2-5-9-19)28-26(30-27)20-10-6-3-7-11-20/h2-13,17,32H,14-16H2,1H3. The zero-order valence-corrected chi connectivity index (χ0v) is 19.0. The lowest BCUT2D eigenvalue weighted by Gasteiger charge is -2.11. The Bertz CT molecular complexity index is 1270. The average Bonchev–Trinajstić information content (AvgIpc) is 2.87. The van der Waals surface area contributed by atoms with E-state index in [9.17, 15) is 14.7 Å². The normalized spacial score (nSPS) is 10.5. The van der Waals surface area contributed by atoms with E-state index in [1.54, 1.807) is 12.1 Å². The molecule has 0 atom stereocenters. The van der Waals surface area contributed by atoms with Gasteiger partial charge in [0.2, 0.25) is 0 Å². The number of esters is 1. The number of hydrogen-bond acceptors (Lipinski definition) is 8. The number of carbonyl (C=O) groups excluding carboxylic acids is 2. The van der Waals surface area contributed by atoms with Crippen molar-refractivity contribution < 1.29 is 24.2 Å². The molecule has 0 amide bonds. The molecular formula is C27H23N3O5. The molecule has 0 bridgehead atoms. The third kappa shape index (κ3) is 6.26. The topological polar surface area (TPSA) is 112 Å². The minimum Gasteiger partial charge on any atom is -0.507 e. The minimum absolute atomic E-state index is 0.0109. The highest BCUT2D eigenvalue weighted by Gasteiger charge is 2.15. The molecule has 0 aliphatic heterocycles. The molecule has 0 aliphatic rings. The van der Waals surface area contributed by atoms with Crippen molar-refractivity contribution in [3.8, 4) is 45.7 Å². The van der Waals surface area contributed by atoms with Crippen LogP contribution in [0.15, 0.2) is 78.9 Å². The molecule has 0 spiro atoms. The van der Waals surface area contributed by atoms with Gasteiger partial charge in [-0.1, -0.05) is 60.7 Å². The summed E-state index contributed by atoms with van der Waals surface area (Å²) in [6, 6.07) is 23.9. The van der Waals surface area contributed by atoms with Crippen molar-refractivity contribution in [3.05, 3.63) is 78.9 Å². The highest BCUT2D eigenvalue weighted by Crippen LogP contribution is 2.32. The molecule has 8 nitrogen and oxygen atoms in total. The van der Waals surface area contributed by atoms with Crippen molar-refractivity contribution in [1.29, 1.82) is 0 Å². The van der Waals surface area contributed by atoms with Gasteiger partial charge in [-0.25, -0.2) is 15.0 Å². The summed E-state index contributed by atoms with van der Waals surface area (Å²) in [5, 5.41) is 10.7. The number of carbonyl (C=O) groups is 2. The monoisotopic (exact) mass is 469 g/mol. The van der Waals surface area contributed by atoms with Crippen LogP contribution in [0.3, 0.4) is 0 Å². The Morgan fingerprint density at radius 2 is 1.34 bits per heavy atom. The van der Waals surface area contributed by atoms with Crippen LogP contribution in [-0.2, 0) is 14.3 Å². The van der Waals surface area contributed by atoms with Crippen LogP contribution in [0.1, 0.15) is 13.3 Å². The van der Waals surface area contributed by atoms with Crippen LogP contribution in [0, 0.1) is 0 Å². The van der Waals surface area contributed by atoms with Crippen molar-refractivity contribution in [3.63, 3.8) is 0 Å². The Balaban J connectivity index is 1.57. The zero-order chi connectivity index (χ0) is 24.6. The number of aromatic nitrogens is 3. The Labute approximate surface area is 202 Å². The van der Waals surface area contributed by atoms with Gasteiger partial charge in [0.05, 0.1) is 5.56 Å². The molecule has 0 saturated heterocycles. The van der Waals surface area contributed by atoms with Crippen LogP contribution in [0.5, 0.6) is 11.5 Å². The number of phenolic OH excluding ortho intramolecular Hbond substituents is 1. The van der Waals surface area contributed by atoms with E-state index in [0.717, 1.165) is 11.1 Å².